The number of nitrogens with zero attached hydrogens (tertiary/aromatic N) is 4. The van der Waals surface area contributed by atoms with Crippen molar-refractivity contribution >= 4 is 5.97 Å². The van der Waals surface area contributed by atoms with E-state index in [1.807, 2.05) is 27.0 Å². The number of benzene rings is 1. The molecule has 0 spiro atoms. The zero-order valence-electron chi connectivity index (χ0n) is 24.3. The second kappa shape index (κ2) is 12.1. The first-order chi connectivity index (χ1) is 18.8. The van der Waals surface area contributed by atoms with Crippen LogP contribution in [0, 0.1) is 17.7 Å². The average Bonchev–Trinajstić information content (AvgIpc) is 3.50. The highest BCUT2D eigenvalue weighted by atomic mass is 19.1. The van der Waals surface area contributed by atoms with Gasteiger partial charge < -0.3 is 10.0 Å². The Kier molecular flexibility index (Phi) is 8.77. The molecule has 5 rings (SSSR count). The van der Waals surface area contributed by atoms with Crippen molar-refractivity contribution in [2.75, 3.05) is 26.7 Å². The molecular weight excluding hydrogens is 491 g/mol. The highest BCUT2D eigenvalue weighted by Crippen LogP contribution is 2.44. The van der Waals surface area contributed by atoms with Gasteiger partial charge in [-0.1, -0.05) is 32.9 Å². The van der Waals surface area contributed by atoms with E-state index in [9.17, 15) is 14.3 Å². The zero-order chi connectivity index (χ0) is 27.7. The molecule has 1 saturated carbocycles. The topological polar surface area (TPSA) is 61.6 Å². The SMILES string of the molecule is CCc1nn2c(c1C1CCN(C[C@H]3C[C@H](N(C)[C@@H](C(=O)O)C(C)C)C[C@@H]3c3cccc(F)c3)CC1)CCCC2. The molecule has 0 radical (unpaired) electrons. The minimum Gasteiger partial charge on any atom is -0.480 e. The Morgan fingerprint density at radius 2 is 1.95 bits per heavy atom. The number of likely N-dealkylation sites (tertiary alicyclic amines) is 1. The molecule has 4 atom stereocenters. The van der Waals surface area contributed by atoms with Crippen molar-refractivity contribution in [3.8, 4) is 0 Å². The Labute approximate surface area is 233 Å². The second-order valence-corrected chi connectivity index (χ2v) is 12.7. The third kappa shape index (κ3) is 5.95. The molecule has 1 aromatic carbocycles. The van der Waals surface area contributed by atoms with Crippen LogP contribution in [-0.4, -0.2) is 69.4 Å². The Bertz CT molecular complexity index is 1140. The molecule has 6 nitrogen and oxygen atoms in total. The molecule has 214 valence electrons. The number of hydrogen-bond acceptors (Lipinski definition) is 4. The molecule has 2 aliphatic heterocycles. The van der Waals surface area contributed by atoms with E-state index in [1.165, 1.54) is 49.6 Å². The molecule has 39 heavy (non-hydrogen) atoms. The summed E-state index contributed by atoms with van der Waals surface area (Å²) in [5.74, 6) is 0.303. The summed E-state index contributed by atoms with van der Waals surface area (Å²) in [5.41, 5.74) is 5.44. The Hall–Kier alpha value is -2.25. The number of piperidine rings is 1. The molecule has 3 aliphatic rings. The van der Waals surface area contributed by atoms with Crippen molar-refractivity contribution in [3.05, 3.63) is 52.6 Å². The van der Waals surface area contributed by atoms with E-state index in [0.717, 1.165) is 51.0 Å². The number of aliphatic carboxylic acids is 1. The maximum Gasteiger partial charge on any atom is 0.321 e. The Morgan fingerprint density at radius 1 is 1.18 bits per heavy atom. The first-order valence-electron chi connectivity index (χ1n) is 15.3. The number of carboxylic acids is 1. The standard InChI is InChI=1S/C32H47FN4O2/c1-5-28-30(29-11-6-7-14-37(29)34-28)22-12-15-36(16-13-22)20-24-18-26(35(4)31(21(2)3)32(38)39)19-27(24)23-9-8-10-25(33)17-23/h8-10,17,21-22,24,26-27,31H,5-7,11-16,18-20H2,1-4H3,(H,38,39)/t24-,26+,27-,31-/m1/s1. The lowest BCUT2D eigenvalue weighted by Crippen LogP contribution is -2.47. The lowest BCUT2D eigenvalue weighted by atomic mass is 9.84. The third-order valence-corrected chi connectivity index (χ3v) is 9.88. The van der Waals surface area contributed by atoms with Crippen LogP contribution in [0.1, 0.15) is 93.6 Å². The number of likely N-dealkylation sites (N-methyl/N-ethyl adjacent to an activating group) is 1. The monoisotopic (exact) mass is 538 g/mol. The van der Waals surface area contributed by atoms with Gasteiger partial charge in [-0.25, -0.2) is 4.39 Å². The molecule has 3 heterocycles. The van der Waals surface area contributed by atoms with Gasteiger partial charge in [0.1, 0.15) is 11.9 Å². The summed E-state index contributed by atoms with van der Waals surface area (Å²) in [4.78, 5) is 16.8. The Balaban J connectivity index is 1.29. The third-order valence-electron chi connectivity index (χ3n) is 9.88. The molecule has 0 amide bonds. The number of fused-ring (bicyclic) bond motifs is 1. The lowest BCUT2D eigenvalue weighted by Gasteiger charge is -2.36. The number of halogens is 1. The van der Waals surface area contributed by atoms with Crippen LogP contribution in [-0.2, 0) is 24.2 Å². The maximum absolute atomic E-state index is 14.3. The van der Waals surface area contributed by atoms with E-state index in [0.29, 0.717) is 11.8 Å². The van der Waals surface area contributed by atoms with E-state index in [1.54, 1.807) is 11.6 Å². The normalized spacial score (nSPS) is 25.4. The summed E-state index contributed by atoms with van der Waals surface area (Å²) in [6, 6.07) is 6.75. The number of rotatable bonds is 9. The molecule has 2 fully saturated rings. The summed E-state index contributed by atoms with van der Waals surface area (Å²) in [6.45, 7) is 10.4. The maximum atomic E-state index is 14.3. The van der Waals surface area contributed by atoms with Crippen molar-refractivity contribution in [2.24, 2.45) is 11.8 Å². The lowest BCUT2D eigenvalue weighted by molar-refractivity contribution is -0.145. The van der Waals surface area contributed by atoms with Crippen molar-refractivity contribution in [3.63, 3.8) is 0 Å². The van der Waals surface area contributed by atoms with E-state index in [-0.39, 0.29) is 23.7 Å². The van der Waals surface area contributed by atoms with Gasteiger partial charge in [0.25, 0.3) is 0 Å². The van der Waals surface area contributed by atoms with Gasteiger partial charge in [-0.3, -0.25) is 14.4 Å². The molecule has 0 unspecified atom stereocenters. The number of aromatic nitrogens is 2. The van der Waals surface area contributed by atoms with Crippen LogP contribution in [0.25, 0.3) is 0 Å². The molecular formula is C32H47FN4O2. The predicted octanol–water partition coefficient (Wildman–Crippen LogP) is 5.70. The smallest absolute Gasteiger partial charge is 0.321 e. The van der Waals surface area contributed by atoms with E-state index >= 15 is 0 Å². The van der Waals surface area contributed by atoms with Crippen LogP contribution < -0.4 is 0 Å². The van der Waals surface area contributed by atoms with Crippen LogP contribution in [0.3, 0.4) is 0 Å². The quantitative estimate of drug-likeness (QED) is 0.444. The molecule has 1 saturated heterocycles. The van der Waals surface area contributed by atoms with Gasteiger partial charge in [-0.2, -0.15) is 5.10 Å². The van der Waals surface area contributed by atoms with Crippen molar-refractivity contribution in [1.29, 1.82) is 0 Å². The largest absolute Gasteiger partial charge is 0.480 e. The van der Waals surface area contributed by atoms with Crippen molar-refractivity contribution < 1.29 is 14.3 Å². The van der Waals surface area contributed by atoms with Gasteiger partial charge in [0.15, 0.2) is 0 Å². The summed E-state index contributed by atoms with van der Waals surface area (Å²) in [7, 11) is 1.97. The molecule has 0 bridgehead atoms. The van der Waals surface area contributed by atoms with Gasteiger partial charge >= 0.3 is 5.97 Å². The highest BCUT2D eigenvalue weighted by Gasteiger charge is 2.42. The minimum absolute atomic E-state index is 0.0285. The Morgan fingerprint density at radius 3 is 2.62 bits per heavy atom. The zero-order valence-corrected chi connectivity index (χ0v) is 24.3. The van der Waals surface area contributed by atoms with Gasteiger partial charge in [-0.05, 0) is 118 Å². The minimum atomic E-state index is -0.755. The number of carboxylic acid groups (broad SMARTS) is 1. The summed E-state index contributed by atoms with van der Waals surface area (Å²) < 4.78 is 16.6. The van der Waals surface area contributed by atoms with Gasteiger partial charge in [-0.15, -0.1) is 0 Å². The van der Waals surface area contributed by atoms with Crippen molar-refractivity contribution in [1.82, 2.24) is 19.6 Å². The van der Waals surface area contributed by atoms with Crippen molar-refractivity contribution in [2.45, 2.75) is 103 Å². The average molecular weight is 539 g/mol. The fourth-order valence-electron chi connectivity index (χ4n) is 7.97. The number of aryl methyl sites for hydroxylation is 2. The molecule has 2 aromatic rings. The molecule has 1 aromatic heterocycles. The molecule has 7 heteroatoms. The first kappa shape index (κ1) is 28.3. The molecule has 1 N–H and O–H groups in total. The fourth-order valence-corrected chi connectivity index (χ4v) is 7.97. The molecule has 1 aliphatic carbocycles. The van der Waals surface area contributed by atoms with Gasteiger partial charge in [0, 0.05) is 24.8 Å². The van der Waals surface area contributed by atoms with Crippen LogP contribution in [0.15, 0.2) is 24.3 Å². The summed E-state index contributed by atoms with van der Waals surface area (Å²) in [6.07, 6.45) is 8.86. The van der Waals surface area contributed by atoms with Crippen LogP contribution in [0.5, 0.6) is 0 Å². The van der Waals surface area contributed by atoms with Gasteiger partial charge in [0.2, 0.25) is 0 Å². The van der Waals surface area contributed by atoms with Crippen LogP contribution >= 0.6 is 0 Å². The highest BCUT2D eigenvalue weighted by molar-refractivity contribution is 5.73. The summed E-state index contributed by atoms with van der Waals surface area (Å²) in [5, 5.41) is 14.9. The number of hydrogen-bond donors (Lipinski definition) is 1. The van der Waals surface area contributed by atoms with E-state index < -0.39 is 12.0 Å². The van der Waals surface area contributed by atoms with Crippen LogP contribution in [0.2, 0.25) is 0 Å². The summed E-state index contributed by atoms with van der Waals surface area (Å²) >= 11 is 0. The second-order valence-electron chi connectivity index (χ2n) is 12.7. The fraction of sp³-hybridized carbons (Fsp3) is 0.688. The first-order valence-corrected chi connectivity index (χ1v) is 15.3. The van der Waals surface area contributed by atoms with Crippen LogP contribution in [0.4, 0.5) is 4.39 Å². The van der Waals surface area contributed by atoms with E-state index in [4.69, 9.17) is 5.10 Å². The van der Waals surface area contributed by atoms with E-state index in [2.05, 4.69) is 27.5 Å². The predicted molar refractivity (Wildman–Crippen MR) is 153 cm³/mol. The number of carbonyl (C=O) groups is 1. The van der Waals surface area contributed by atoms with Gasteiger partial charge in [0.05, 0.1) is 5.69 Å².